The van der Waals surface area contributed by atoms with E-state index in [1.807, 2.05) is 44.2 Å². The lowest BCUT2D eigenvalue weighted by molar-refractivity contribution is -0.384. The molecule has 1 N–H and O–H groups in total. The lowest BCUT2D eigenvalue weighted by atomic mass is 9.99. The van der Waals surface area contributed by atoms with Gasteiger partial charge in [-0.25, -0.2) is 9.78 Å². The molecule has 1 aromatic heterocycles. The van der Waals surface area contributed by atoms with Crippen molar-refractivity contribution in [3.8, 4) is 11.3 Å². The number of carbonyl (C=O) groups excluding carboxylic acids is 2. The second-order valence-electron chi connectivity index (χ2n) is 8.27. The van der Waals surface area contributed by atoms with Crippen molar-refractivity contribution in [1.82, 2.24) is 4.98 Å². The Morgan fingerprint density at radius 1 is 0.971 bits per heavy atom. The molecule has 0 aliphatic rings. The normalized spacial score (nSPS) is 10.7. The standard InChI is InChI=1S/C27H23N3O5/c1-16-8-11-20(18(3)12-16)25-14-22(21-6-4-5-7-23(21)28-25)27(32)35-15-26(31)29-24-13-19(30(33)34)10-9-17(24)2/h4-14H,15H2,1-3H3,(H,29,31). The van der Waals surface area contributed by atoms with Gasteiger partial charge in [0.15, 0.2) is 6.61 Å². The van der Waals surface area contributed by atoms with Crippen molar-refractivity contribution in [2.24, 2.45) is 0 Å². The summed E-state index contributed by atoms with van der Waals surface area (Å²) >= 11 is 0. The minimum Gasteiger partial charge on any atom is -0.452 e. The van der Waals surface area contributed by atoms with E-state index in [4.69, 9.17) is 9.72 Å². The number of anilines is 1. The highest BCUT2D eigenvalue weighted by atomic mass is 16.6. The fourth-order valence-electron chi connectivity index (χ4n) is 3.84. The Kier molecular flexibility index (Phi) is 6.55. The van der Waals surface area contributed by atoms with Crippen molar-refractivity contribution in [2.75, 3.05) is 11.9 Å². The van der Waals surface area contributed by atoms with Gasteiger partial charge in [0.25, 0.3) is 11.6 Å². The van der Waals surface area contributed by atoms with Crippen LogP contribution >= 0.6 is 0 Å². The maximum atomic E-state index is 13.0. The molecule has 0 aliphatic heterocycles. The molecule has 3 aromatic carbocycles. The van der Waals surface area contributed by atoms with Gasteiger partial charge in [0, 0.05) is 23.1 Å². The highest BCUT2D eigenvalue weighted by molar-refractivity contribution is 6.05. The Labute approximate surface area is 201 Å². The van der Waals surface area contributed by atoms with Crippen LogP contribution in [-0.2, 0) is 9.53 Å². The molecular formula is C27H23N3O5. The molecule has 8 nitrogen and oxygen atoms in total. The van der Waals surface area contributed by atoms with E-state index in [1.165, 1.54) is 18.2 Å². The molecule has 0 fully saturated rings. The fraction of sp³-hybridized carbons (Fsp3) is 0.148. The number of para-hydroxylation sites is 1. The smallest absolute Gasteiger partial charge is 0.339 e. The van der Waals surface area contributed by atoms with Crippen LogP contribution in [0.2, 0.25) is 0 Å². The van der Waals surface area contributed by atoms with E-state index in [9.17, 15) is 19.7 Å². The quantitative estimate of drug-likeness (QED) is 0.226. The molecule has 0 unspecified atom stereocenters. The van der Waals surface area contributed by atoms with Crippen LogP contribution in [0.3, 0.4) is 0 Å². The van der Waals surface area contributed by atoms with Crippen molar-refractivity contribution in [3.63, 3.8) is 0 Å². The number of pyridine rings is 1. The van der Waals surface area contributed by atoms with Gasteiger partial charge in [-0.1, -0.05) is 48.0 Å². The lowest BCUT2D eigenvalue weighted by Gasteiger charge is -2.12. The van der Waals surface area contributed by atoms with Crippen LogP contribution in [0.4, 0.5) is 11.4 Å². The van der Waals surface area contributed by atoms with Gasteiger partial charge in [0.05, 0.1) is 27.4 Å². The number of carbonyl (C=O) groups is 2. The molecule has 0 atom stereocenters. The molecule has 4 aromatic rings. The molecule has 1 heterocycles. The minimum atomic E-state index is -0.666. The first-order chi connectivity index (χ1) is 16.7. The summed E-state index contributed by atoms with van der Waals surface area (Å²) in [5.41, 5.74) is 5.39. The molecule has 0 saturated carbocycles. The monoisotopic (exact) mass is 469 g/mol. The van der Waals surface area contributed by atoms with Gasteiger partial charge in [-0.15, -0.1) is 0 Å². The first kappa shape index (κ1) is 23.6. The Hall–Kier alpha value is -4.59. The minimum absolute atomic E-state index is 0.148. The van der Waals surface area contributed by atoms with Gasteiger partial charge >= 0.3 is 5.97 Å². The SMILES string of the molecule is Cc1ccc(-c2cc(C(=O)OCC(=O)Nc3cc([N+](=O)[O-])ccc3C)c3ccccc3n2)c(C)c1. The molecule has 1 amide bonds. The van der Waals surface area contributed by atoms with E-state index in [-0.39, 0.29) is 11.4 Å². The number of benzene rings is 3. The van der Waals surface area contributed by atoms with Gasteiger partial charge in [-0.3, -0.25) is 14.9 Å². The van der Waals surface area contributed by atoms with Gasteiger partial charge in [-0.2, -0.15) is 0 Å². The predicted octanol–water partition coefficient (Wildman–Crippen LogP) is 5.53. The number of nitrogens with one attached hydrogen (secondary N) is 1. The van der Waals surface area contributed by atoms with Crippen molar-refractivity contribution in [3.05, 3.63) is 99.1 Å². The third-order valence-electron chi connectivity index (χ3n) is 5.63. The largest absolute Gasteiger partial charge is 0.452 e. The number of hydrogen-bond donors (Lipinski definition) is 1. The maximum Gasteiger partial charge on any atom is 0.339 e. The molecule has 0 spiro atoms. The van der Waals surface area contributed by atoms with Crippen LogP contribution < -0.4 is 5.32 Å². The highest BCUT2D eigenvalue weighted by Crippen LogP contribution is 2.28. The van der Waals surface area contributed by atoms with E-state index in [0.29, 0.717) is 27.7 Å². The number of hydrogen-bond acceptors (Lipinski definition) is 6. The topological polar surface area (TPSA) is 111 Å². The fourth-order valence-corrected chi connectivity index (χ4v) is 3.84. The zero-order valence-corrected chi connectivity index (χ0v) is 19.5. The predicted molar refractivity (Wildman–Crippen MR) is 133 cm³/mol. The molecule has 0 radical (unpaired) electrons. The average Bonchev–Trinajstić information content (AvgIpc) is 2.83. The number of nitro groups is 1. The Morgan fingerprint density at radius 3 is 2.49 bits per heavy atom. The zero-order chi connectivity index (χ0) is 25.1. The van der Waals surface area contributed by atoms with E-state index >= 15 is 0 Å². The van der Waals surface area contributed by atoms with Crippen LogP contribution in [0, 0.1) is 30.9 Å². The number of aryl methyl sites for hydroxylation is 3. The second kappa shape index (κ2) is 9.72. The van der Waals surface area contributed by atoms with E-state index < -0.39 is 23.4 Å². The van der Waals surface area contributed by atoms with E-state index in [2.05, 4.69) is 5.32 Å². The summed E-state index contributed by atoms with van der Waals surface area (Å²) in [5.74, 6) is -1.27. The Balaban J connectivity index is 1.57. The summed E-state index contributed by atoms with van der Waals surface area (Å²) < 4.78 is 5.32. The third-order valence-corrected chi connectivity index (χ3v) is 5.63. The van der Waals surface area contributed by atoms with Crippen molar-refractivity contribution in [2.45, 2.75) is 20.8 Å². The molecule has 0 bridgehead atoms. The number of nitro benzene ring substituents is 1. The van der Waals surface area contributed by atoms with Crippen molar-refractivity contribution >= 4 is 34.2 Å². The molecule has 8 heteroatoms. The van der Waals surface area contributed by atoms with Gasteiger partial charge in [0.2, 0.25) is 0 Å². The van der Waals surface area contributed by atoms with Crippen LogP contribution in [0.1, 0.15) is 27.0 Å². The summed E-state index contributed by atoms with van der Waals surface area (Å²) in [6.07, 6.45) is 0. The van der Waals surface area contributed by atoms with Gasteiger partial charge in [0.1, 0.15) is 0 Å². The number of esters is 1. The number of fused-ring (bicyclic) bond motifs is 1. The first-order valence-electron chi connectivity index (χ1n) is 10.9. The third kappa shape index (κ3) is 5.16. The van der Waals surface area contributed by atoms with Crippen molar-refractivity contribution < 1.29 is 19.2 Å². The highest BCUT2D eigenvalue weighted by Gasteiger charge is 2.18. The average molecular weight is 469 g/mol. The van der Waals surface area contributed by atoms with Gasteiger partial charge < -0.3 is 10.1 Å². The number of aromatic nitrogens is 1. The molecule has 35 heavy (non-hydrogen) atoms. The molecule has 0 saturated heterocycles. The second-order valence-corrected chi connectivity index (χ2v) is 8.27. The summed E-state index contributed by atoms with van der Waals surface area (Å²) in [4.78, 5) is 40.7. The number of amides is 1. The zero-order valence-electron chi connectivity index (χ0n) is 19.5. The molecule has 0 aliphatic carbocycles. The van der Waals surface area contributed by atoms with Crippen LogP contribution in [0.25, 0.3) is 22.2 Å². The Bertz CT molecular complexity index is 1480. The van der Waals surface area contributed by atoms with Gasteiger partial charge in [-0.05, 0) is 44.0 Å². The number of nitrogens with zero attached hydrogens (tertiary/aromatic N) is 2. The summed E-state index contributed by atoms with van der Waals surface area (Å²) in [5, 5.41) is 14.2. The summed E-state index contributed by atoms with van der Waals surface area (Å²) in [7, 11) is 0. The van der Waals surface area contributed by atoms with E-state index in [0.717, 1.165) is 16.7 Å². The summed E-state index contributed by atoms with van der Waals surface area (Å²) in [6, 6.07) is 19.1. The van der Waals surface area contributed by atoms with Crippen LogP contribution in [0.5, 0.6) is 0 Å². The van der Waals surface area contributed by atoms with E-state index in [1.54, 1.807) is 25.1 Å². The number of rotatable bonds is 6. The summed E-state index contributed by atoms with van der Waals surface area (Å²) in [6.45, 7) is 5.16. The first-order valence-corrected chi connectivity index (χ1v) is 10.9. The van der Waals surface area contributed by atoms with Crippen LogP contribution in [-0.4, -0.2) is 28.4 Å². The van der Waals surface area contributed by atoms with Crippen LogP contribution in [0.15, 0.2) is 66.7 Å². The number of ether oxygens (including phenoxy) is 1. The lowest BCUT2D eigenvalue weighted by Crippen LogP contribution is -2.21. The number of non-ortho nitro benzene ring substituents is 1. The molecule has 4 rings (SSSR count). The maximum absolute atomic E-state index is 13.0. The molecule has 176 valence electrons. The van der Waals surface area contributed by atoms with Crippen molar-refractivity contribution in [1.29, 1.82) is 0 Å². The molecular weight excluding hydrogens is 446 g/mol. The Morgan fingerprint density at radius 2 is 1.74 bits per heavy atom.